The van der Waals surface area contributed by atoms with Gasteiger partial charge in [-0.3, -0.25) is 10.0 Å². The number of nitrogens with one attached hydrogen (secondary N) is 2. The Morgan fingerprint density at radius 1 is 1.07 bits per heavy atom. The van der Waals surface area contributed by atoms with Gasteiger partial charge in [-0.1, -0.05) is 6.92 Å². The summed E-state index contributed by atoms with van der Waals surface area (Å²) >= 11 is 0. The minimum atomic E-state index is -0.651. The average Bonchev–Trinajstić information content (AvgIpc) is 2.60. The van der Waals surface area contributed by atoms with Gasteiger partial charge in [0.15, 0.2) is 0 Å². The Bertz CT molecular complexity index is 554. The van der Waals surface area contributed by atoms with Crippen molar-refractivity contribution in [3.05, 3.63) is 0 Å². The molecule has 0 aliphatic carbocycles. The first kappa shape index (κ1) is 21.3. The summed E-state index contributed by atoms with van der Waals surface area (Å²) < 4.78 is 5.38. The number of amides is 4. The molecule has 154 valence electrons. The van der Waals surface area contributed by atoms with Gasteiger partial charge in [0.2, 0.25) is 5.91 Å². The number of piperidine rings is 2. The summed E-state index contributed by atoms with van der Waals surface area (Å²) in [6.07, 6.45) is 2.36. The van der Waals surface area contributed by atoms with E-state index in [2.05, 4.69) is 5.32 Å². The molecule has 0 aromatic heterocycles. The lowest BCUT2D eigenvalue weighted by Gasteiger charge is -2.38. The quantitative estimate of drug-likeness (QED) is 0.496. The minimum Gasteiger partial charge on any atom is -0.444 e. The SMILES string of the molecule is C[C@@H]1CCC(C(=O)NC2CCN(C(=O)OC(C)(C)C)CC2)N(C(=O)NO)C1. The first-order chi connectivity index (χ1) is 12.6. The van der Waals surface area contributed by atoms with Crippen LogP contribution in [0.2, 0.25) is 0 Å². The van der Waals surface area contributed by atoms with E-state index >= 15 is 0 Å². The van der Waals surface area contributed by atoms with E-state index < -0.39 is 17.7 Å². The highest BCUT2D eigenvalue weighted by Gasteiger charge is 2.36. The third kappa shape index (κ3) is 5.98. The van der Waals surface area contributed by atoms with Crippen LogP contribution in [0.3, 0.4) is 0 Å². The van der Waals surface area contributed by atoms with Crippen LogP contribution in [0.5, 0.6) is 0 Å². The van der Waals surface area contributed by atoms with Crippen LogP contribution in [0.4, 0.5) is 9.59 Å². The lowest BCUT2D eigenvalue weighted by molar-refractivity contribution is -0.128. The second-order valence-corrected chi connectivity index (χ2v) is 8.52. The molecule has 0 aromatic rings. The fourth-order valence-electron chi connectivity index (χ4n) is 3.54. The molecule has 2 atom stereocenters. The lowest BCUT2D eigenvalue weighted by atomic mass is 9.93. The molecule has 1 unspecified atom stereocenters. The topological polar surface area (TPSA) is 111 Å². The molecule has 9 heteroatoms. The van der Waals surface area contributed by atoms with Crippen molar-refractivity contribution >= 4 is 18.0 Å². The van der Waals surface area contributed by atoms with E-state index in [-0.39, 0.29) is 24.0 Å². The predicted molar refractivity (Wildman–Crippen MR) is 98.2 cm³/mol. The predicted octanol–water partition coefficient (Wildman–Crippen LogP) is 1.70. The van der Waals surface area contributed by atoms with Gasteiger partial charge < -0.3 is 19.9 Å². The fourth-order valence-corrected chi connectivity index (χ4v) is 3.54. The summed E-state index contributed by atoms with van der Waals surface area (Å²) in [4.78, 5) is 39.7. The molecule has 9 nitrogen and oxygen atoms in total. The van der Waals surface area contributed by atoms with Crippen LogP contribution in [0.1, 0.15) is 53.4 Å². The Morgan fingerprint density at radius 2 is 1.70 bits per heavy atom. The summed E-state index contributed by atoms with van der Waals surface area (Å²) in [5.74, 6) is 0.0737. The van der Waals surface area contributed by atoms with Crippen LogP contribution in [0.25, 0.3) is 0 Å². The molecule has 0 saturated carbocycles. The first-order valence-electron chi connectivity index (χ1n) is 9.59. The highest BCUT2D eigenvalue weighted by molar-refractivity contribution is 5.87. The zero-order valence-electron chi connectivity index (χ0n) is 16.7. The van der Waals surface area contributed by atoms with Gasteiger partial charge in [0.25, 0.3) is 0 Å². The highest BCUT2D eigenvalue weighted by atomic mass is 16.6. The van der Waals surface area contributed by atoms with Crippen molar-refractivity contribution in [2.75, 3.05) is 19.6 Å². The zero-order chi connectivity index (χ0) is 20.2. The van der Waals surface area contributed by atoms with Crippen molar-refractivity contribution in [1.82, 2.24) is 20.6 Å². The number of rotatable bonds is 2. The largest absolute Gasteiger partial charge is 0.444 e. The number of carbonyl (C=O) groups is 3. The number of carbonyl (C=O) groups excluding carboxylic acids is 3. The van der Waals surface area contributed by atoms with Crippen LogP contribution in [-0.2, 0) is 9.53 Å². The number of hydrogen-bond acceptors (Lipinski definition) is 5. The number of hydroxylamine groups is 1. The van der Waals surface area contributed by atoms with E-state index in [4.69, 9.17) is 9.94 Å². The molecule has 0 radical (unpaired) electrons. The van der Waals surface area contributed by atoms with Crippen molar-refractivity contribution in [2.45, 2.75) is 71.1 Å². The molecule has 3 N–H and O–H groups in total. The Labute approximate surface area is 160 Å². The van der Waals surface area contributed by atoms with Crippen molar-refractivity contribution < 1.29 is 24.3 Å². The van der Waals surface area contributed by atoms with Gasteiger partial charge in [0.1, 0.15) is 11.6 Å². The number of hydrogen-bond donors (Lipinski definition) is 3. The third-order valence-corrected chi connectivity index (χ3v) is 4.97. The molecule has 2 aliphatic rings. The van der Waals surface area contributed by atoms with E-state index in [1.165, 1.54) is 4.90 Å². The zero-order valence-corrected chi connectivity index (χ0v) is 16.7. The van der Waals surface area contributed by atoms with E-state index in [1.54, 1.807) is 10.4 Å². The van der Waals surface area contributed by atoms with Gasteiger partial charge in [0, 0.05) is 25.7 Å². The Balaban J connectivity index is 1.86. The van der Waals surface area contributed by atoms with E-state index in [0.717, 1.165) is 6.42 Å². The average molecular weight is 384 g/mol. The summed E-state index contributed by atoms with van der Waals surface area (Å²) in [6.45, 7) is 8.97. The van der Waals surface area contributed by atoms with Crippen molar-refractivity contribution in [2.24, 2.45) is 5.92 Å². The number of nitrogens with zero attached hydrogens (tertiary/aromatic N) is 2. The smallest absolute Gasteiger partial charge is 0.410 e. The summed E-state index contributed by atoms with van der Waals surface area (Å²) in [6, 6.07) is -1.28. The van der Waals surface area contributed by atoms with Gasteiger partial charge in [0.05, 0.1) is 0 Å². The van der Waals surface area contributed by atoms with E-state index in [0.29, 0.717) is 38.9 Å². The van der Waals surface area contributed by atoms with Gasteiger partial charge >= 0.3 is 12.1 Å². The van der Waals surface area contributed by atoms with Gasteiger partial charge in [-0.05, 0) is 52.4 Å². The third-order valence-electron chi connectivity index (χ3n) is 4.97. The van der Waals surface area contributed by atoms with Crippen molar-refractivity contribution in [3.8, 4) is 0 Å². The van der Waals surface area contributed by atoms with Gasteiger partial charge in [-0.25, -0.2) is 15.1 Å². The molecular weight excluding hydrogens is 352 g/mol. The van der Waals surface area contributed by atoms with Crippen LogP contribution < -0.4 is 10.8 Å². The van der Waals surface area contributed by atoms with E-state index in [1.807, 2.05) is 27.7 Å². The molecule has 0 aromatic carbocycles. The van der Waals surface area contributed by atoms with Crippen molar-refractivity contribution in [3.63, 3.8) is 0 Å². The first-order valence-corrected chi connectivity index (χ1v) is 9.59. The molecule has 0 spiro atoms. The van der Waals surface area contributed by atoms with Crippen molar-refractivity contribution in [1.29, 1.82) is 0 Å². The van der Waals surface area contributed by atoms with Crippen LogP contribution in [-0.4, -0.2) is 70.4 Å². The molecule has 4 amide bonds. The monoisotopic (exact) mass is 384 g/mol. The molecule has 2 saturated heterocycles. The fraction of sp³-hybridized carbons (Fsp3) is 0.833. The number of ether oxygens (including phenoxy) is 1. The van der Waals surface area contributed by atoms with Crippen LogP contribution in [0, 0.1) is 5.92 Å². The molecule has 2 heterocycles. The summed E-state index contributed by atoms with van der Waals surface area (Å²) in [7, 11) is 0. The molecule has 2 rings (SSSR count). The molecule has 0 bridgehead atoms. The maximum absolute atomic E-state index is 12.7. The van der Waals surface area contributed by atoms with E-state index in [9.17, 15) is 14.4 Å². The second kappa shape index (κ2) is 8.77. The van der Waals surface area contributed by atoms with Gasteiger partial charge in [-0.15, -0.1) is 0 Å². The number of urea groups is 1. The standard InChI is InChI=1S/C18H32N4O5/c1-12-5-6-14(22(11-12)16(24)20-26)15(23)19-13-7-9-21(10-8-13)17(25)27-18(2,3)4/h12-14,26H,5-11H2,1-4H3,(H,19,23)(H,20,24)/t12-,14?/m1/s1. The normalized spacial score (nSPS) is 24.3. The summed E-state index contributed by atoms with van der Waals surface area (Å²) in [5.41, 5.74) is 1.10. The maximum atomic E-state index is 12.7. The van der Waals surface area contributed by atoms with Gasteiger partial charge in [-0.2, -0.15) is 0 Å². The number of likely N-dealkylation sites (tertiary alicyclic amines) is 2. The lowest BCUT2D eigenvalue weighted by Crippen LogP contribution is -2.58. The maximum Gasteiger partial charge on any atom is 0.410 e. The Kier molecular flexibility index (Phi) is 6.91. The summed E-state index contributed by atoms with van der Waals surface area (Å²) in [5, 5.41) is 11.9. The Morgan fingerprint density at radius 3 is 2.26 bits per heavy atom. The second-order valence-electron chi connectivity index (χ2n) is 8.52. The molecule has 2 aliphatic heterocycles. The van der Waals surface area contributed by atoms with Crippen LogP contribution >= 0.6 is 0 Å². The Hall–Kier alpha value is -2.03. The molecular formula is C18H32N4O5. The molecule has 2 fully saturated rings. The highest BCUT2D eigenvalue weighted by Crippen LogP contribution is 2.23. The molecule has 27 heavy (non-hydrogen) atoms. The van der Waals surface area contributed by atoms with Crippen LogP contribution in [0.15, 0.2) is 0 Å². The minimum absolute atomic E-state index is 0.0467.